The van der Waals surface area contributed by atoms with E-state index in [1.807, 2.05) is 11.3 Å². The summed E-state index contributed by atoms with van der Waals surface area (Å²) in [6, 6.07) is 0. The van der Waals surface area contributed by atoms with Crippen LogP contribution in [0.25, 0.3) is 0 Å². The zero-order valence-electron chi connectivity index (χ0n) is 9.68. The summed E-state index contributed by atoms with van der Waals surface area (Å²) in [7, 11) is 0. The number of unbranched alkanes of at least 4 members (excludes halogenated alkanes) is 1. The summed E-state index contributed by atoms with van der Waals surface area (Å²) < 4.78 is 0. The van der Waals surface area contributed by atoms with E-state index < -0.39 is 0 Å². The van der Waals surface area contributed by atoms with Gasteiger partial charge >= 0.3 is 0 Å². The van der Waals surface area contributed by atoms with Crippen molar-refractivity contribution in [3.05, 3.63) is 15.6 Å². The number of nitrogens with one attached hydrogen (secondary N) is 1. The maximum atomic E-state index is 4.65. The van der Waals surface area contributed by atoms with E-state index in [2.05, 4.69) is 24.1 Å². The summed E-state index contributed by atoms with van der Waals surface area (Å²) in [4.78, 5) is 6.13. The van der Waals surface area contributed by atoms with Crippen molar-refractivity contribution >= 4 is 11.3 Å². The van der Waals surface area contributed by atoms with Crippen molar-refractivity contribution in [2.24, 2.45) is 0 Å². The van der Waals surface area contributed by atoms with Crippen molar-refractivity contribution in [1.82, 2.24) is 10.3 Å². The molecule has 1 fully saturated rings. The van der Waals surface area contributed by atoms with Crippen LogP contribution in [0.2, 0.25) is 0 Å². The molecule has 1 heterocycles. The van der Waals surface area contributed by atoms with Crippen molar-refractivity contribution in [3.8, 4) is 0 Å². The Hall–Kier alpha value is -0.410. The number of thiazole rings is 1. The zero-order valence-corrected chi connectivity index (χ0v) is 10.5. The van der Waals surface area contributed by atoms with Crippen LogP contribution in [0, 0.1) is 6.92 Å². The van der Waals surface area contributed by atoms with Crippen LogP contribution in [0.3, 0.4) is 0 Å². The summed E-state index contributed by atoms with van der Waals surface area (Å²) in [5.41, 5.74) is 1.39. The smallest absolute Gasteiger partial charge is 0.0900 e. The molecule has 1 N–H and O–H groups in total. The Morgan fingerprint density at radius 1 is 1.47 bits per heavy atom. The Kier molecular flexibility index (Phi) is 3.76. The average Bonchev–Trinajstić information content (AvgIpc) is 2.99. The van der Waals surface area contributed by atoms with Gasteiger partial charge in [-0.25, -0.2) is 4.98 Å². The standard InChI is InChI=1S/C12H20N2S/c1-3-4-7-13-8-11-12(10-5-6-10)14-9(2)15-11/h10,13H,3-8H2,1-2H3. The van der Waals surface area contributed by atoms with Crippen LogP contribution >= 0.6 is 11.3 Å². The van der Waals surface area contributed by atoms with Crippen molar-refractivity contribution in [1.29, 1.82) is 0 Å². The van der Waals surface area contributed by atoms with Gasteiger partial charge < -0.3 is 5.32 Å². The van der Waals surface area contributed by atoms with Crippen molar-refractivity contribution in [2.75, 3.05) is 6.54 Å². The summed E-state index contributed by atoms with van der Waals surface area (Å²) >= 11 is 1.87. The maximum Gasteiger partial charge on any atom is 0.0900 e. The fourth-order valence-electron chi connectivity index (χ4n) is 1.79. The highest BCUT2D eigenvalue weighted by molar-refractivity contribution is 7.11. The van der Waals surface area contributed by atoms with Gasteiger partial charge in [0.15, 0.2) is 0 Å². The van der Waals surface area contributed by atoms with Gasteiger partial charge in [0.05, 0.1) is 10.7 Å². The lowest BCUT2D eigenvalue weighted by Gasteiger charge is -2.03. The Morgan fingerprint density at radius 2 is 2.27 bits per heavy atom. The Morgan fingerprint density at radius 3 is 2.93 bits per heavy atom. The fourth-order valence-corrected chi connectivity index (χ4v) is 2.78. The van der Waals surface area contributed by atoms with E-state index in [-0.39, 0.29) is 0 Å². The molecule has 0 unspecified atom stereocenters. The van der Waals surface area contributed by atoms with E-state index in [9.17, 15) is 0 Å². The number of nitrogens with zero attached hydrogens (tertiary/aromatic N) is 1. The van der Waals surface area contributed by atoms with Gasteiger partial charge in [0, 0.05) is 17.3 Å². The van der Waals surface area contributed by atoms with Crippen molar-refractivity contribution in [2.45, 2.75) is 52.0 Å². The lowest BCUT2D eigenvalue weighted by atomic mass is 10.2. The average molecular weight is 224 g/mol. The maximum absolute atomic E-state index is 4.65. The van der Waals surface area contributed by atoms with E-state index in [0.29, 0.717) is 0 Å². The zero-order chi connectivity index (χ0) is 10.7. The van der Waals surface area contributed by atoms with Gasteiger partial charge in [0.1, 0.15) is 0 Å². The first kappa shape index (κ1) is 11.1. The predicted molar refractivity (Wildman–Crippen MR) is 65.4 cm³/mol. The molecule has 1 saturated carbocycles. The van der Waals surface area contributed by atoms with E-state index in [0.717, 1.165) is 19.0 Å². The highest BCUT2D eigenvalue weighted by Gasteiger charge is 2.28. The molecule has 2 nitrogen and oxygen atoms in total. The van der Waals surface area contributed by atoms with Gasteiger partial charge in [-0.05, 0) is 32.7 Å². The number of hydrogen-bond acceptors (Lipinski definition) is 3. The molecule has 3 heteroatoms. The molecule has 1 aliphatic rings. The van der Waals surface area contributed by atoms with Crippen LogP contribution in [-0.2, 0) is 6.54 Å². The topological polar surface area (TPSA) is 24.9 Å². The summed E-state index contributed by atoms with van der Waals surface area (Å²) in [5, 5.41) is 4.74. The van der Waals surface area contributed by atoms with E-state index in [1.165, 1.54) is 41.3 Å². The molecule has 1 aliphatic carbocycles. The second-order valence-corrected chi connectivity index (χ2v) is 5.63. The van der Waals surface area contributed by atoms with Gasteiger partial charge in [-0.15, -0.1) is 11.3 Å². The van der Waals surface area contributed by atoms with Crippen LogP contribution in [0.15, 0.2) is 0 Å². The van der Waals surface area contributed by atoms with Crippen molar-refractivity contribution in [3.63, 3.8) is 0 Å². The minimum atomic E-state index is 0.790. The van der Waals surface area contributed by atoms with Gasteiger partial charge in [-0.2, -0.15) is 0 Å². The minimum absolute atomic E-state index is 0.790. The SMILES string of the molecule is CCCCNCc1sc(C)nc1C1CC1. The van der Waals surface area contributed by atoms with Crippen LogP contribution < -0.4 is 5.32 Å². The Labute approximate surface area is 96.1 Å². The fraction of sp³-hybridized carbons (Fsp3) is 0.750. The highest BCUT2D eigenvalue weighted by Crippen LogP contribution is 2.42. The van der Waals surface area contributed by atoms with Crippen LogP contribution in [0.5, 0.6) is 0 Å². The monoisotopic (exact) mass is 224 g/mol. The summed E-state index contributed by atoms with van der Waals surface area (Å²) in [6.07, 6.45) is 5.25. The third-order valence-corrected chi connectivity index (χ3v) is 3.78. The molecular formula is C12H20N2S. The first-order chi connectivity index (χ1) is 7.31. The molecule has 0 amide bonds. The molecule has 2 rings (SSSR count). The summed E-state index contributed by atoms with van der Waals surface area (Å²) in [5.74, 6) is 0.790. The molecule has 0 spiro atoms. The minimum Gasteiger partial charge on any atom is -0.312 e. The molecule has 1 aromatic rings. The van der Waals surface area contributed by atoms with Crippen LogP contribution in [-0.4, -0.2) is 11.5 Å². The predicted octanol–water partition coefficient (Wildman–Crippen LogP) is 3.22. The van der Waals surface area contributed by atoms with E-state index in [4.69, 9.17) is 0 Å². The molecule has 84 valence electrons. The molecule has 15 heavy (non-hydrogen) atoms. The Balaban J connectivity index is 1.88. The Bertz CT molecular complexity index is 315. The second kappa shape index (κ2) is 5.08. The first-order valence-corrected chi connectivity index (χ1v) is 6.79. The van der Waals surface area contributed by atoms with Gasteiger partial charge in [0.25, 0.3) is 0 Å². The van der Waals surface area contributed by atoms with Crippen molar-refractivity contribution < 1.29 is 0 Å². The quantitative estimate of drug-likeness (QED) is 0.750. The normalized spacial score (nSPS) is 15.9. The summed E-state index contributed by atoms with van der Waals surface area (Å²) in [6.45, 7) is 6.51. The lowest BCUT2D eigenvalue weighted by Crippen LogP contribution is -2.14. The first-order valence-electron chi connectivity index (χ1n) is 5.98. The number of aromatic nitrogens is 1. The molecule has 0 saturated heterocycles. The molecular weight excluding hydrogens is 204 g/mol. The van der Waals surface area contributed by atoms with Gasteiger partial charge in [0.2, 0.25) is 0 Å². The lowest BCUT2D eigenvalue weighted by molar-refractivity contribution is 0.642. The molecule has 0 aromatic carbocycles. The molecule has 0 atom stereocenters. The van der Waals surface area contributed by atoms with Crippen LogP contribution in [0.4, 0.5) is 0 Å². The molecule has 0 radical (unpaired) electrons. The van der Waals surface area contributed by atoms with Gasteiger partial charge in [-0.1, -0.05) is 13.3 Å². The highest BCUT2D eigenvalue weighted by atomic mass is 32.1. The third-order valence-electron chi connectivity index (χ3n) is 2.79. The number of rotatable bonds is 6. The number of hydrogen-bond donors (Lipinski definition) is 1. The van der Waals surface area contributed by atoms with Crippen LogP contribution in [0.1, 0.15) is 54.1 Å². The second-order valence-electron chi connectivity index (χ2n) is 4.35. The van der Waals surface area contributed by atoms with E-state index in [1.54, 1.807) is 0 Å². The number of aryl methyl sites for hydroxylation is 1. The molecule has 0 bridgehead atoms. The third kappa shape index (κ3) is 3.02. The largest absolute Gasteiger partial charge is 0.312 e. The molecule has 0 aliphatic heterocycles. The van der Waals surface area contributed by atoms with Gasteiger partial charge in [-0.3, -0.25) is 0 Å². The van der Waals surface area contributed by atoms with E-state index >= 15 is 0 Å². The molecule has 1 aromatic heterocycles.